The van der Waals surface area contributed by atoms with Crippen LogP contribution in [0.15, 0.2) is 66.7 Å². The summed E-state index contributed by atoms with van der Waals surface area (Å²) in [5, 5.41) is 0. The summed E-state index contributed by atoms with van der Waals surface area (Å²) in [6.07, 6.45) is 5.89. The zero-order chi connectivity index (χ0) is 47.6. The number of benzene rings is 4. The van der Waals surface area contributed by atoms with E-state index in [0.29, 0.717) is 58.4 Å². The number of ether oxygens (including phenoxy) is 10. The number of carbonyl (C=O) groups is 2. The first-order valence-electron chi connectivity index (χ1n) is 22.4. The van der Waals surface area contributed by atoms with Crippen LogP contribution < -0.4 is 37.9 Å². The van der Waals surface area contributed by atoms with Crippen molar-refractivity contribution >= 4 is 11.9 Å². The Balaban J connectivity index is 1.06. The van der Waals surface area contributed by atoms with Crippen LogP contribution >= 0.6 is 0 Å². The fraction of sp³-hybridized carbons (Fsp3) is 0.462. The van der Waals surface area contributed by atoms with Crippen LogP contribution in [0.5, 0.6) is 46.0 Å². The zero-order valence-electron chi connectivity index (χ0n) is 40.6. The average Bonchev–Trinajstić information content (AvgIpc) is 3.33. The molecule has 0 saturated carbocycles. The molecule has 356 valence electrons. The highest BCUT2D eigenvalue weighted by Crippen LogP contribution is 2.49. The predicted molar refractivity (Wildman–Crippen MR) is 251 cm³/mol. The first kappa shape index (κ1) is 49.3. The number of methoxy groups -OCH3 is 8. The van der Waals surface area contributed by atoms with Gasteiger partial charge in [0, 0.05) is 60.9 Å². The van der Waals surface area contributed by atoms with Crippen molar-refractivity contribution in [2.24, 2.45) is 0 Å². The van der Waals surface area contributed by atoms with Crippen LogP contribution in [0.25, 0.3) is 0 Å². The molecule has 2 aliphatic rings. The van der Waals surface area contributed by atoms with Gasteiger partial charge in [-0.3, -0.25) is 0 Å². The number of likely N-dealkylation sites (N-methyl/N-ethyl adjacent to an activating group) is 2. The molecule has 4 unspecified atom stereocenters. The monoisotopic (exact) mass is 912 g/mol. The molecular formula is C52H68N2O12+2. The average molecular weight is 913 g/mol. The molecule has 4 atom stereocenters. The summed E-state index contributed by atoms with van der Waals surface area (Å²) in [6, 6.07) is 18.3. The van der Waals surface area contributed by atoms with Gasteiger partial charge in [0.2, 0.25) is 0 Å². The second kappa shape index (κ2) is 21.9. The van der Waals surface area contributed by atoms with Gasteiger partial charge in [-0.2, -0.15) is 0 Å². The minimum Gasteiger partial charge on any atom is -0.496 e. The van der Waals surface area contributed by atoms with Gasteiger partial charge in [0.1, 0.15) is 23.6 Å². The molecule has 2 aliphatic heterocycles. The van der Waals surface area contributed by atoms with E-state index in [1.54, 1.807) is 56.9 Å². The molecule has 0 aliphatic carbocycles. The summed E-state index contributed by atoms with van der Waals surface area (Å²) in [5.74, 6) is 4.41. The third-order valence-electron chi connectivity index (χ3n) is 13.5. The van der Waals surface area contributed by atoms with E-state index in [1.165, 1.54) is 16.7 Å². The number of hydrogen-bond acceptors (Lipinski definition) is 12. The molecule has 0 spiro atoms. The van der Waals surface area contributed by atoms with Crippen LogP contribution in [0.3, 0.4) is 0 Å². The molecule has 2 heterocycles. The number of carbonyl (C=O) groups excluding carboxylic acids is 2. The molecule has 4 aromatic carbocycles. The van der Waals surface area contributed by atoms with Crippen molar-refractivity contribution in [3.63, 3.8) is 0 Å². The summed E-state index contributed by atoms with van der Waals surface area (Å²) in [5.41, 5.74) is 7.77. The molecule has 0 fully saturated rings. The lowest BCUT2D eigenvalue weighted by molar-refractivity contribution is -0.941. The predicted octanol–water partition coefficient (Wildman–Crippen LogP) is 7.57. The summed E-state index contributed by atoms with van der Waals surface area (Å²) >= 11 is 0. The number of quaternary nitrogens is 2. The lowest BCUT2D eigenvalue weighted by Gasteiger charge is -2.46. The van der Waals surface area contributed by atoms with Crippen LogP contribution in [0.2, 0.25) is 0 Å². The van der Waals surface area contributed by atoms with Crippen LogP contribution in [-0.2, 0) is 38.3 Å². The van der Waals surface area contributed by atoms with Gasteiger partial charge >= 0.3 is 11.9 Å². The molecule has 14 heteroatoms. The highest BCUT2D eigenvalue weighted by molar-refractivity contribution is 5.91. The van der Waals surface area contributed by atoms with E-state index in [4.69, 9.17) is 47.4 Å². The summed E-state index contributed by atoms with van der Waals surface area (Å²) < 4.78 is 58.2. The Morgan fingerprint density at radius 2 is 1.08 bits per heavy atom. The summed E-state index contributed by atoms with van der Waals surface area (Å²) in [7, 11) is 17.7. The number of esters is 2. The Morgan fingerprint density at radius 1 is 0.576 bits per heavy atom. The third kappa shape index (κ3) is 10.6. The molecule has 0 radical (unpaired) electrons. The first-order valence-corrected chi connectivity index (χ1v) is 22.4. The van der Waals surface area contributed by atoms with Gasteiger partial charge in [-0.05, 0) is 72.1 Å². The topological polar surface area (TPSA) is 126 Å². The zero-order valence-corrected chi connectivity index (χ0v) is 40.6. The van der Waals surface area contributed by atoms with Crippen molar-refractivity contribution in [2.45, 2.75) is 51.1 Å². The van der Waals surface area contributed by atoms with Crippen molar-refractivity contribution in [2.75, 3.05) is 110 Å². The van der Waals surface area contributed by atoms with E-state index in [0.717, 1.165) is 89.3 Å². The Hall–Kier alpha value is -6.12. The highest BCUT2D eigenvalue weighted by atomic mass is 16.5. The maximum Gasteiger partial charge on any atom is 0.331 e. The molecule has 0 bridgehead atoms. The molecule has 66 heavy (non-hydrogen) atoms. The van der Waals surface area contributed by atoms with E-state index in [1.807, 2.05) is 31.2 Å². The Morgan fingerprint density at radius 3 is 1.67 bits per heavy atom. The van der Waals surface area contributed by atoms with Crippen LogP contribution in [0.1, 0.15) is 63.9 Å². The molecular weight excluding hydrogens is 845 g/mol. The minimum absolute atomic E-state index is 0.0697. The normalized spacial score (nSPS) is 19.8. The van der Waals surface area contributed by atoms with Gasteiger partial charge in [-0.25, -0.2) is 9.59 Å². The van der Waals surface area contributed by atoms with Crippen molar-refractivity contribution in [1.29, 1.82) is 0 Å². The van der Waals surface area contributed by atoms with E-state index < -0.39 is 11.9 Å². The van der Waals surface area contributed by atoms with Crippen molar-refractivity contribution < 1.29 is 65.9 Å². The van der Waals surface area contributed by atoms with Gasteiger partial charge in [0.15, 0.2) is 34.5 Å². The number of fused-ring (bicyclic) bond motifs is 2. The van der Waals surface area contributed by atoms with Gasteiger partial charge in [0.25, 0.3) is 0 Å². The summed E-state index contributed by atoms with van der Waals surface area (Å²) in [4.78, 5) is 25.7. The maximum absolute atomic E-state index is 12.9. The molecule has 0 amide bonds. The van der Waals surface area contributed by atoms with E-state index >= 15 is 0 Å². The highest BCUT2D eigenvalue weighted by Gasteiger charge is 2.44. The maximum atomic E-state index is 12.9. The fourth-order valence-electron chi connectivity index (χ4n) is 9.98. The number of nitrogens with zero attached hydrogens (tertiary/aromatic N) is 2. The molecule has 0 aromatic heterocycles. The lowest BCUT2D eigenvalue weighted by Crippen LogP contribution is -2.52. The fourth-order valence-corrected chi connectivity index (χ4v) is 9.98. The Kier molecular flexibility index (Phi) is 16.4. The van der Waals surface area contributed by atoms with Crippen molar-refractivity contribution in [3.8, 4) is 46.0 Å². The van der Waals surface area contributed by atoms with E-state index in [2.05, 4.69) is 44.4 Å². The van der Waals surface area contributed by atoms with Crippen LogP contribution in [-0.4, -0.2) is 131 Å². The van der Waals surface area contributed by atoms with Gasteiger partial charge < -0.3 is 56.3 Å². The van der Waals surface area contributed by atoms with E-state index in [9.17, 15) is 9.59 Å². The molecule has 0 saturated heterocycles. The van der Waals surface area contributed by atoms with Crippen LogP contribution in [0.4, 0.5) is 0 Å². The SMILES string of the molecule is COc1ccc(CC2c3cc(OC)c(OC)cc3CC[N+]2(C)CCCOC(=O)/C=C/C(=O)OCCC[N+]2(C)CCc3cc(OC)c(C)c(OC)c3C2c2ccc(OC)c(OC)c2)cc1OC. The largest absolute Gasteiger partial charge is 0.496 e. The minimum atomic E-state index is -0.602. The molecule has 4 aromatic rings. The third-order valence-corrected chi connectivity index (χ3v) is 13.5. The van der Waals surface area contributed by atoms with Gasteiger partial charge in [-0.1, -0.05) is 6.07 Å². The number of rotatable bonds is 21. The standard InChI is InChI=1S/C52H68N2O12/c1-34-43(59-6)31-37-21-25-54(3,51(50(37)52(34)64-11)38-15-17-42(58-5)45(32-38)61-8)23-13-27-66-49(56)19-18-48(55)65-26-12-22-53(2)24-20-36-30-46(62-9)47(63-10)33-39(36)40(53)28-35-14-16-41(57-4)44(29-35)60-7/h14-19,29-33,40,51H,12-13,20-28H2,1-11H3/q+2/b19-18+. The van der Waals surface area contributed by atoms with Gasteiger partial charge in [0.05, 0.1) is 116 Å². The Bertz CT molecular complexity index is 2380. The van der Waals surface area contributed by atoms with Crippen molar-refractivity contribution in [1.82, 2.24) is 0 Å². The molecule has 14 nitrogen and oxygen atoms in total. The first-order chi connectivity index (χ1) is 31.8. The second-order valence-electron chi connectivity index (χ2n) is 17.4. The number of hydrogen-bond donors (Lipinski definition) is 0. The molecule has 6 rings (SSSR count). The van der Waals surface area contributed by atoms with Crippen LogP contribution in [0, 0.1) is 6.92 Å². The summed E-state index contributed by atoms with van der Waals surface area (Å²) in [6.45, 7) is 5.55. The molecule has 0 N–H and O–H groups in total. The Labute approximate surface area is 390 Å². The smallest absolute Gasteiger partial charge is 0.331 e. The van der Waals surface area contributed by atoms with Crippen molar-refractivity contribution in [3.05, 3.63) is 106 Å². The second-order valence-corrected chi connectivity index (χ2v) is 17.4. The lowest BCUT2D eigenvalue weighted by atomic mass is 9.83. The van der Waals surface area contributed by atoms with E-state index in [-0.39, 0.29) is 25.3 Å². The quantitative estimate of drug-likeness (QED) is 0.0355. The van der Waals surface area contributed by atoms with Gasteiger partial charge in [-0.15, -0.1) is 0 Å².